The minimum atomic E-state index is -0.0787. The van der Waals surface area contributed by atoms with E-state index in [1.165, 1.54) is 6.20 Å². The molecule has 0 aliphatic carbocycles. The Hall–Kier alpha value is -2.96. The number of rotatable bonds is 3. The van der Waals surface area contributed by atoms with Gasteiger partial charge >= 0.3 is 0 Å². The number of benzene rings is 1. The van der Waals surface area contributed by atoms with E-state index in [2.05, 4.69) is 15.3 Å². The van der Waals surface area contributed by atoms with E-state index in [1.54, 1.807) is 6.92 Å². The zero-order chi connectivity index (χ0) is 17.2. The van der Waals surface area contributed by atoms with Crippen LogP contribution in [-0.4, -0.2) is 39.2 Å². The van der Waals surface area contributed by atoms with Crippen LogP contribution in [0.2, 0.25) is 0 Å². The van der Waals surface area contributed by atoms with Crippen LogP contribution in [0.3, 0.4) is 0 Å². The molecule has 3 aromatic rings. The van der Waals surface area contributed by atoms with Crippen molar-refractivity contribution in [1.29, 1.82) is 0 Å². The fraction of sp³-hybridized carbons (Fsp3) is 0.333. The molecule has 1 saturated heterocycles. The third kappa shape index (κ3) is 3.05. The maximum absolute atomic E-state index is 13.0. The number of likely N-dealkylation sites (tertiary alicyclic amines) is 1. The molecule has 7 heteroatoms. The van der Waals surface area contributed by atoms with Gasteiger partial charge in [-0.25, -0.2) is 0 Å². The molecule has 4 rings (SSSR count). The summed E-state index contributed by atoms with van der Waals surface area (Å²) in [7, 11) is 0. The highest BCUT2D eigenvalue weighted by Crippen LogP contribution is 2.29. The minimum absolute atomic E-state index is 0.0787. The number of aryl methyl sites for hydroxylation is 1. The molecule has 1 aromatic carbocycles. The van der Waals surface area contributed by atoms with Gasteiger partial charge in [0.15, 0.2) is 11.6 Å². The minimum Gasteiger partial charge on any atom is -0.355 e. The lowest BCUT2D eigenvalue weighted by Crippen LogP contribution is -2.39. The number of piperidine rings is 1. The van der Waals surface area contributed by atoms with E-state index in [-0.39, 0.29) is 11.8 Å². The van der Waals surface area contributed by atoms with E-state index in [9.17, 15) is 4.79 Å². The highest BCUT2D eigenvalue weighted by molar-refractivity contribution is 5.99. The number of carbonyl (C=O) groups excluding carboxylic acids is 1. The fourth-order valence-electron chi connectivity index (χ4n) is 3.21. The summed E-state index contributed by atoms with van der Waals surface area (Å²) in [5.74, 6) is 1.73. The van der Waals surface area contributed by atoms with Crippen molar-refractivity contribution in [1.82, 2.24) is 20.2 Å². The molecule has 0 bridgehead atoms. The third-order valence-electron chi connectivity index (χ3n) is 4.45. The second kappa shape index (κ2) is 6.51. The Morgan fingerprint density at radius 3 is 2.84 bits per heavy atom. The first-order valence-electron chi connectivity index (χ1n) is 8.32. The van der Waals surface area contributed by atoms with Crippen molar-refractivity contribution in [3.63, 3.8) is 0 Å². The first-order valence-corrected chi connectivity index (χ1v) is 8.32. The Morgan fingerprint density at radius 2 is 2.08 bits per heavy atom. The van der Waals surface area contributed by atoms with Crippen LogP contribution in [0, 0.1) is 6.92 Å². The quantitative estimate of drug-likeness (QED) is 0.729. The monoisotopic (exact) mass is 338 g/mol. The summed E-state index contributed by atoms with van der Waals surface area (Å²) in [5, 5.41) is 7.84. The lowest BCUT2D eigenvalue weighted by Gasteiger charge is -2.31. The molecule has 0 spiro atoms. The molecular formula is C18H18N4O3. The molecular weight excluding hydrogens is 320 g/mol. The van der Waals surface area contributed by atoms with Crippen molar-refractivity contribution in [2.24, 2.45) is 0 Å². The van der Waals surface area contributed by atoms with Gasteiger partial charge in [-0.3, -0.25) is 4.79 Å². The summed E-state index contributed by atoms with van der Waals surface area (Å²) < 4.78 is 10.4. The maximum atomic E-state index is 13.0. The number of nitrogens with zero attached hydrogens (tertiary/aromatic N) is 4. The number of hydrogen-bond donors (Lipinski definition) is 0. The van der Waals surface area contributed by atoms with Gasteiger partial charge in [-0.05, 0) is 12.8 Å². The van der Waals surface area contributed by atoms with Crippen LogP contribution in [0.1, 0.15) is 40.8 Å². The molecule has 1 aliphatic heterocycles. The van der Waals surface area contributed by atoms with Gasteiger partial charge in [-0.2, -0.15) is 4.98 Å². The summed E-state index contributed by atoms with van der Waals surface area (Å²) in [5.41, 5.74) is 1.32. The van der Waals surface area contributed by atoms with Gasteiger partial charge in [0.2, 0.25) is 5.89 Å². The second-order valence-electron chi connectivity index (χ2n) is 6.20. The van der Waals surface area contributed by atoms with E-state index in [4.69, 9.17) is 9.05 Å². The molecule has 128 valence electrons. The predicted molar refractivity (Wildman–Crippen MR) is 88.9 cm³/mol. The van der Waals surface area contributed by atoms with Gasteiger partial charge in [0.1, 0.15) is 5.56 Å². The van der Waals surface area contributed by atoms with Gasteiger partial charge in [-0.1, -0.05) is 40.6 Å². The lowest BCUT2D eigenvalue weighted by atomic mass is 9.96. The normalized spacial score (nSPS) is 17.6. The average molecular weight is 338 g/mol. The molecule has 2 aromatic heterocycles. The van der Waals surface area contributed by atoms with Crippen LogP contribution in [0.4, 0.5) is 0 Å². The first-order chi connectivity index (χ1) is 12.2. The number of hydrogen-bond acceptors (Lipinski definition) is 6. The Balaban J connectivity index is 1.56. The smallest absolute Gasteiger partial charge is 0.259 e. The highest BCUT2D eigenvalue weighted by atomic mass is 16.5. The summed E-state index contributed by atoms with van der Waals surface area (Å²) in [4.78, 5) is 19.1. The zero-order valence-electron chi connectivity index (χ0n) is 13.9. The van der Waals surface area contributed by atoms with Crippen LogP contribution in [-0.2, 0) is 0 Å². The summed E-state index contributed by atoms with van der Waals surface area (Å²) in [6.45, 7) is 3.04. The van der Waals surface area contributed by atoms with Crippen molar-refractivity contribution in [3.05, 3.63) is 53.8 Å². The Bertz CT molecular complexity index is 871. The van der Waals surface area contributed by atoms with Crippen molar-refractivity contribution in [3.8, 4) is 11.3 Å². The average Bonchev–Trinajstić information content (AvgIpc) is 3.31. The zero-order valence-corrected chi connectivity index (χ0v) is 13.9. The van der Waals surface area contributed by atoms with Crippen molar-refractivity contribution in [2.45, 2.75) is 25.7 Å². The molecule has 3 heterocycles. The van der Waals surface area contributed by atoms with Crippen LogP contribution >= 0.6 is 0 Å². The highest BCUT2D eigenvalue weighted by Gasteiger charge is 2.30. The Morgan fingerprint density at radius 1 is 1.24 bits per heavy atom. The van der Waals surface area contributed by atoms with Gasteiger partial charge in [0.05, 0.1) is 6.20 Å². The van der Waals surface area contributed by atoms with Gasteiger partial charge < -0.3 is 13.9 Å². The summed E-state index contributed by atoms with van der Waals surface area (Å²) >= 11 is 0. The lowest BCUT2D eigenvalue weighted by molar-refractivity contribution is 0.0704. The number of aromatic nitrogens is 3. The molecule has 1 unspecified atom stereocenters. The van der Waals surface area contributed by atoms with Gasteiger partial charge in [0, 0.05) is 31.5 Å². The second-order valence-corrected chi connectivity index (χ2v) is 6.20. The van der Waals surface area contributed by atoms with E-state index in [1.807, 2.05) is 35.2 Å². The predicted octanol–water partition coefficient (Wildman–Crippen LogP) is 3.05. The molecule has 1 fully saturated rings. The van der Waals surface area contributed by atoms with E-state index < -0.39 is 0 Å². The van der Waals surface area contributed by atoms with Crippen LogP contribution in [0.5, 0.6) is 0 Å². The van der Waals surface area contributed by atoms with Crippen LogP contribution in [0.25, 0.3) is 11.3 Å². The summed E-state index contributed by atoms with van der Waals surface area (Å²) in [6.07, 6.45) is 3.33. The van der Waals surface area contributed by atoms with E-state index >= 15 is 0 Å². The SMILES string of the molecule is Cc1nc(C2CCCN(C(=O)c3cnoc3-c3ccccc3)C2)no1. The largest absolute Gasteiger partial charge is 0.355 e. The molecule has 25 heavy (non-hydrogen) atoms. The van der Waals surface area contributed by atoms with Crippen molar-refractivity contribution in [2.75, 3.05) is 13.1 Å². The van der Waals surface area contributed by atoms with Gasteiger partial charge in [-0.15, -0.1) is 0 Å². The maximum Gasteiger partial charge on any atom is 0.259 e. The molecule has 1 atom stereocenters. The molecule has 0 saturated carbocycles. The molecule has 1 amide bonds. The van der Waals surface area contributed by atoms with E-state index in [0.29, 0.717) is 36.1 Å². The standard InChI is InChI=1S/C18H18N4O3/c1-12-20-17(21-24-12)14-8-5-9-22(11-14)18(23)15-10-19-25-16(15)13-6-3-2-4-7-13/h2-4,6-7,10,14H,5,8-9,11H2,1H3. The summed E-state index contributed by atoms with van der Waals surface area (Å²) in [6, 6.07) is 9.53. The topological polar surface area (TPSA) is 85.3 Å². The van der Waals surface area contributed by atoms with Crippen molar-refractivity contribution >= 4 is 5.91 Å². The van der Waals surface area contributed by atoms with Crippen LogP contribution in [0.15, 0.2) is 45.6 Å². The Labute approximate surface area is 144 Å². The van der Waals surface area contributed by atoms with Crippen molar-refractivity contribution < 1.29 is 13.8 Å². The molecule has 7 nitrogen and oxygen atoms in total. The first kappa shape index (κ1) is 15.6. The van der Waals surface area contributed by atoms with Crippen LogP contribution < -0.4 is 0 Å². The number of carbonyl (C=O) groups is 1. The molecule has 1 aliphatic rings. The molecule has 0 N–H and O–H groups in total. The molecule has 0 radical (unpaired) electrons. The fourth-order valence-corrected chi connectivity index (χ4v) is 3.21. The third-order valence-corrected chi connectivity index (χ3v) is 4.45. The van der Waals surface area contributed by atoms with Gasteiger partial charge in [0.25, 0.3) is 5.91 Å². The Kier molecular flexibility index (Phi) is 4.05. The van der Waals surface area contributed by atoms with E-state index in [0.717, 1.165) is 18.4 Å². The number of amides is 1.